The number of carbonyl (C=O) groups excluding carboxylic acids is 2. The number of hydrogen-bond donors (Lipinski definition) is 1. The fraction of sp³-hybridized carbons (Fsp3) is 0.909. The zero-order valence-electron chi connectivity index (χ0n) is 20.6. The minimum atomic E-state index is -4.77. The van der Waals surface area contributed by atoms with Crippen LogP contribution in [0.5, 0.6) is 0 Å². The molecule has 0 aliphatic carbocycles. The smallest absolute Gasteiger partial charge is 0.327 e. The van der Waals surface area contributed by atoms with Crippen molar-refractivity contribution in [1.29, 1.82) is 0 Å². The summed E-state index contributed by atoms with van der Waals surface area (Å²) in [6.07, 6.45) is 5.14. The molecule has 0 aliphatic rings. The van der Waals surface area contributed by atoms with Gasteiger partial charge in [-0.15, -0.1) is 0 Å². The molecule has 31 heavy (non-hydrogen) atoms. The standard InChI is InChI=1S/C22H42O7S.Na/c1-16(2)9-7-11-18(5)14-28-21(23)13-20(30(25,26)27)22(24)29-15-19(6)12-8-10-17(3)4;/h16-20H,7-15H2,1-6H3,(H,25,26,27);. The molecule has 0 saturated carbocycles. The van der Waals surface area contributed by atoms with Gasteiger partial charge < -0.3 is 9.47 Å². The molecule has 0 rings (SSSR count). The van der Waals surface area contributed by atoms with E-state index in [1.165, 1.54) is 0 Å². The van der Waals surface area contributed by atoms with Gasteiger partial charge in [-0.3, -0.25) is 14.1 Å². The third-order valence-corrected chi connectivity index (χ3v) is 6.05. The van der Waals surface area contributed by atoms with Crippen molar-refractivity contribution in [1.82, 2.24) is 0 Å². The second kappa shape index (κ2) is 17.3. The van der Waals surface area contributed by atoms with Crippen molar-refractivity contribution >= 4 is 51.6 Å². The summed E-state index contributed by atoms with van der Waals surface area (Å²) in [5, 5.41) is -1.95. The molecule has 0 spiro atoms. The van der Waals surface area contributed by atoms with E-state index in [9.17, 15) is 22.6 Å². The first-order chi connectivity index (χ1) is 13.8. The number of ether oxygens (including phenoxy) is 2. The minimum Gasteiger partial charge on any atom is -0.465 e. The van der Waals surface area contributed by atoms with Gasteiger partial charge in [-0.2, -0.15) is 8.42 Å². The molecule has 0 aromatic heterocycles. The Balaban J connectivity index is 0. The van der Waals surface area contributed by atoms with E-state index in [1.54, 1.807) is 0 Å². The first kappa shape index (κ1) is 33.0. The summed E-state index contributed by atoms with van der Waals surface area (Å²) in [6.45, 7) is 12.6. The number of esters is 2. The molecule has 0 heterocycles. The topological polar surface area (TPSA) is 107 Å². The molecule has 0 aliphatic heterocycles. The van der Waals surface area contributed by atoms with Gasteiger partial charge in [0, 0.05) is 29.6 Å². The van der Waals surface area contributed by atoms with Crippen LogP contribution in [0.1, 0.15) is 86.5 Å². The van der Waals surface area contributed by atoms with Crippen molar-refractivity contribution in [2.75, 3.05) is 13.2 Å². The van der Waals surface area contributed by atoms with E-state index < -0.39 is 33.7 Å². The molecule has 3 atom stereocenters. The van der Waals surface area contributed by atoms with Crippen molar-refractivity contribution in [3.63, 3.8) is 0 Å². The predicted molar refractivity (Wildman–Crippen MR) is 123 cm³/mol. The van der Waals surface area contributed by atoms with Crippen LogP contribution >= 0.6 is 0 Å². The average Bonchev–Trinajstić information content (AvgIpc) is 2.60. The van der Waals surface area contributed by atoms with Crippen molar-refractivity contribution in [3.05, 3.63) is 0 Å². The molecule has 0 saturated heterocycles. The van der Waals surface area contributed by atoms with Gasteiger partial charge in [0.1, 0.15) is 0 Å². The van der Waals surface area contributed by atoms with Crippen molar-refractivity contribution in [2.24, 2.45) is 23.7 Å². The Kier molecular flexibility index (Phi) is 18.5. The van der Waals surface area contributed by atoms with E-state index in [-0.39, 0.29) is 54.6 Å². The first-order valence-electron chi connectivity index (χ1n) is 11.1. The molecule has 1 radical (unpaired) electrons. The molecule has 0 fully saturated rings. The van der Waals surface area contributed by atoms with Crippen LogP contribution in [-0.2, 0) is 29.2 Å². The van der Waals surface area contributed by atoms with E-state index in [0.29, 0.717) is 11.8 Å². The molecule has 0 bridgehead atoms. The maximum absolute atomic E-state index is 12.2. The Morgan fingerprint density at radius 2 is 1.19 bits per heavy atom. The Morgan fingerprint density at radius 3 is 1.58 bits per heavy atom. The molecular formula is C22H42NaO7S. The van der Waals surface area contributed by atoms with Crippen LogP contribution in [-0.4, -0.2) is 72.9 Å². The van der Waals surface area contributed by atoms with E-state index >= 15 is 0 Å². The fourth-order valence-corrected chi connectivity index (χ4v) is 3.65. The van der Waals surface area contributed by atoms with E-state index in [1.807, 2.05) is 13.8 Å². The van der Waals surface area contributed by atoms with Crippen LogP contribution in [0, 0.1) is 23.7 Å². The molecule has 9 heteroatoms. The maximum Gasteiger partial charge on any atom is 0.327 e. The summed E-state index contributed by atoms with van der Waals surface area (Å²) in [5.41, 5.74) is 0. The van der Waals surface area contributed by atoms with Gasteiger partial charge in [0.25, 0.3) is 10.1 Å². The zero-order chi connectivity index (χ0) is 23.3. The second-order valence-electron chi connectivity index (χ2n) is 9.38. The van der Waals surface area contributed by atoms with Gasteiger partial charge >= 0.3 is 11.9 Å². The van der Waals surface area contributed by atoms with Crippen LogP contribution in [0.15, 0.2) is 0 Å². The van der Waals surface area contributed by atoms with Crippen LogP contribution < -0.4 is 0 Å². The van der Waals surface area contributed by atoms with Gasteiger partial charge in [-0.25, -0.2) is 0 Å². The van der Waals surface area contributed by atoms with Gasteiger partial charge in [-0.1, -0.05) is 67.2 Å². The third-order valence-electron chi connectivity index (χ3n) is 4.97. The Bertz CT molecular complexity index is 605. The number of hydrogen-bond acceptors (Lipinski definition) is 6. The normalized spacial score (nSPS) is 14.6. The van der Waals surface area contributed by atoms with Gasteiger partial charge in [-0.05, 0) is 36.5 Å². The van der Waals surface area contributed by atoms with E-state index in [0.717, 1.165) is 38.5 Å². The number of rotatable bonds is 16. The Morgan fingerprint density at radius 1 is 0.774 bits per heavy atom. The van der Waals surface area contributed by atoms with Crippen molar-refractivity contribution < 1.29 is 32.0 Å². The predicted octanol–water partition coefficient (Wildman–Crippen LogP) is 4.26. The molecule has 0 aromatic rings. The number of carbonyl (C=O) groups is 2. The minimum absolute atomic E-state index is 0. The van der Waals surface area contributed by atoms with Crippen molar-refractivity contribution in [2.45, 2.75) is 91.7 Å². The average molecular weight is 474 g/mol. The first-order valence-corrected chi connectivity index (χ1v) is 12.6. The summed E-state index contributed by atoms with van der Waals surface area (Å²) in [7, 11) is -4.77. The fourth-order valence-electron chi connectivity index (χ4n) is 2.99. The van der Waals surface area contributed by atoms with Gasteiger partial charge in [0.05, 0.1) is 19.6 Å². The largest absolute Gasteiger partial charge is 0.465 e. The summed E-state index contributed by atoms with van der Waals surface area (Å²) < 4.78 is 42.7. The van der Waals surface area contributed by atoms with Crippen LogP contribution in [0.2, 0.25) is 0 Å². The van der Waals surface area contributed by atoms with Gasteiger partial charge in [0.15, 0.2) is 5.25 Å². The van der Waals surface area contributed by atoms with E-state index in [2.05, 4.69) is 27.7 Å². The molecule has 179 valence electrons. The quantitative estimate of drug-likeness (QED) is 0.203. The molecule has 1 N–H and O–H groups in total. The van der Waals surface area contributed by atoms with Crippen LogP contribution in [0.4, 0.5) is 0 Å². The van der Waals surface area contributed by atoms with E-state index in [4.69, 9.17) is 9.47 Å². The summed E-state index contributed by atoms with van der Waals surface area (Å²) in [6, 6.07) is 0. The second-order valence-corrected chi connectivity index (χ2v) is 11.0. The van der Waals surface area contributed by atoms with Crippen LogP contribution in [0.3, 0.4) is 0 Å². The summed E-state index contributed by atoms with van der Waals surface area (Å²) >= 11 is 0. The summed E-state index contributed by atoms with van der Waals surface area (Å²) in [4.78, 5) is 24.2. The van der Waals surface area contributed by atoms with Gasteiger partial charge in [0.2, 0.25) is 0 Å². The molecule has 0 amide bonds. The molecular weight excluding hydrogens is 431 g/mol. The molecule has 0 aromatic carbocycles. The zero-order valence-corrected chi connectivity index (χ0v) is 23.4. The van der Waals surface area contributed by atoms with Crippen molar-refractivity contribution in [3.8, 4) is 0 Å². The molecule has 7 nitrogen and oxygen atoms in total. The maximum atomic E-state index is 12.2. The SMILES string of the molecule is CC(C)CCCC(C)COC(=O)CC(C(=O)OCC(C)CCCC(C)C)S(=O)(=O)O.[Na]. The Labute approximate surface area is 211 Å². The third kappa shape index (κ3) is 18.0. The van der Waals surface area contributed by atoms with Crippen LogP contribution in [0.25, 0.3) is 0 Å². The molecule has 3 unspecified atom stereocenters. The Hall–Kier alpha value is -0.150. The monoisotopic (exact) mass is 473 g/mol. The summed E-state index contributed by atoms with van der Waals surface area (Å²) in [5.74, 6) is -0.555.